The molecule has 2 N–H and O–H groups in total. The van der Waals surface area contributed by atoms with E-state index in [0.717, 1.165) is 34.3 Å². The first-order valence-corrected chi connectivity index (χ1v) is 12.4. The second-order valence-electron chi connectivity index (χ2n) is 8.06. The van der Waals surface area contributed by atoms with Crippen LogP contribution < -0.4 is 10.6 Å². The summed E-state index contributed by atoms with van der Waals surface area (Å²) in [7, 11) is -2.88. The van der Waals surface area contributed by atoms with Gasteiger partial charge in [-0.1, -0.05) is 23.7 Å². The van der Waals surface area contributed by atoms with Gasteiger partial charge in [0.15, 0.2) is 0 Å². The van der Waals surface area contributed by atoms with Crippen LogP contribution in [0.15, 0.2) is 71.8 Å². The first-order chi connectivity index (χ1) is 17.2. The molecule has 4 rings (SSSR count). The van der Waals surface area contributed by atoms with Crippen molar-refractivity contribution in [1.82, 2.24) is 9.29 Å². The van der Waals surface area contributed by atoms with Crippen molar-refractivity contribution in [1.29, 1.82) is 0 Å². The predicted molar refractivity (Wildman–Crippen MR) is 136 cm³/mol. The lowest BCUT2D eigenvalue weighted by Gasteiger charge is -2.15. The monoisotopic (exact) mass is 597 g/mol. The van der Waals surface area contributed by atoms with Gasteiger partial charge in [0.05, 0.1) is 27.2 Å². The number of alkyl halides is 6. The van der Waals surface area contributed by atoms with Crippen molar-refractivity contribution in [3.8, 4) is 0 Å². The third kappa shape index (κ3) is 5.88. The Balaban J connectivity index is 0.00000400. The molecule has 0 aliphatic rings. The highest BCUT2D eigenvalue weighted by atomic mass is 35.5. The van der Waals surface area contributed by atoms with Gasteiger partial charge in [0, 0.05) is 28.8 Å². The summed E-state index contributed by atoms with van der Waals surface area (Å²) in [6, 6.07) is 10.8. The highest BCUT2D eigenvalue weighted by Crippen LogP contribution is 2.39. The molecule has 0 saturated heterocycles. The lowest BCUT2D eigenvalue weighted by molar-refractivity contribution is -0.138. The number of fused-ring (bicyclic) bond motifs is 1. The Bertz CT molecular complexity index is 1580. The van der Waals surface area contributed by atoms with E-state index in [2.05, 4.69) is 10.6 Å². The van der Waals surface area contributed by atoms with E-state index in [9.17, 15) is 34.8 Å². The van der Waals surface area contributed by atoms with E-state index < -0.39 is 38.4 Å². The molecule has 0 aliphatic heterocycles. The maximum absolute atomic E-state index is 13.5. The molecule has 204 valence electrons. The summed E-state index contributed by atoms with van der Waals surface area (Å²) < 4.78 is 108. The number of hydrogen-bond donors (Lipinski definition) is 2. The highest BCUT2D eigenvalue weighted by molar-refractivity contribution is 7.90. The quantitative estimate of drug-likeness (QED) is 0.227. The summed E-state index contributed by atoms with van der Waals surface area (Å²) in [5.41, 5.74) is -1.77. The van der Waals surface area contributed by atoms with Gasteiger partial charge >= 0.3 is 12.4 Å². The van der Waals surface area contributed by atoms with E-state index in [-0.39, 0.29) is 40.9 Å². The van der Waals surface area contributed by atoms with Gasteiger partial charge in [0.1, 0.15) is 0 Å². The summed E-state index contributed by atoms with van der Waals surface area (Å²) >= 11 is 5.73. The highest BCUT2D eigenvalue weighted by Gasteiger charge is 2.34. The topological polar surface area (TPSA) is 63.1 Å². The van der Waals surface area contributed by atoms with Crippen molar-refractivity contribution < 1.29 is 34.8 Å². The SMILES string of the molecule is CNCc1cn(S(=O)(=O)c2cccc(C(F)(F)F)c2)c2cc(Nc3ccc(Cl)cc3C(F)(F)F)ccc12.Cl. The van der Waals surface area contributed by atoms with Gasteiger partial charge in [0.25, 0.3) is 10.0 Å². The van der Waals surface area contributed by atoms with Gasteiger partial charge < -0.3 is 10.6 Å². The van der Waals surface area contributed by atoms with Crippen LogP contribution in [0.25, 0.3) is 10.9 Å². The molecule has 0 fully saturated rings. The third-order valence-electron chi connectivity index (χ3n) is 5.51. The number of halogens is 8. The van der Waals surface area contributed by atoms with E-state index in [1.165, 1.54) is 30.5 Å². The minimum absolute atomic E-state index is 0. The molecule has 0 aliphatic carbocycles. The molecule has 4 aromatic rings. The van der Waals surface area contributed by atoms with Crippen molar-refractivity contribution in [2.24, 2.45) is 0 Å². The molecule has 5 nitrogen and oxygen atoms in total. The van der Waals surface area contributed by atoms with E-state index in [1.54, 1.807) is 7.05 Å². The van der Waals surface area contributed by atoms with E-state index >= 15 is 0 Å². The zero-order chi connectivity index (χ0) is 27.2. The normalized spacial score (nSPS) is 12.4. The molecule has 1 aromatic heterocycles. The summed E-state index contributed by atoms with van der Waals surface area (Å²) in [5, 5.41) is 5.85. The van der Waals surface area contributed by atoms with Crippen LogP contribution in [0.5, 0.6) is 0 Å². The Labute approximate surface area is 224 Å². The summed E-state index contributed by atoms with van der Waals surface area (Å²) in [5.74, 6) is 0. The Morgan fingerprint density at radius 2 is 1.63 bits per heavy atom. The fourth-order valence-corrected chi connectivity index (χ4v) is 5.44. The van der Waals surface area contributed by atoms with Crippen LogP contribution in [-0.2, 0) is 28.9 Å². The van der Waals surface area contributed by atoms with Crippen LogP contribution >= 0.6 is 24.0 Å². The van der Waals surface area contributed by atoms with Gasteiger partial charge in [-0.2, -0.15) is 26.3 Å². The van der Waals surface area contributed by atoms with Crippen molar-refractivity contribution in [2.45, 2.75) is 23.8 Å². The van der Waals surface area contributed by atoms with Gasteiger partial charge in [-0.25, -0.2) is 12.4 Å². The van der Waals surface area contributed by atoms with Crippen molar-refractivity contribution in [2.75, 3.05) is 12.4 Å². The second kappa shape index (κ2) is 10.7. The van der Waals surface area contributed by atoms with E-state index in [0.29, 0.717) is 17.0 Å². The number of aromatic nitrogens is 1. The molecule has 0 radical (unpaired) electrons. The average molecular weight is 598 g/mol. The molecule has 0 atom stereocenters. The van der Waals surface area contributed by atoms with Crippen molar-refractivity contribution >= 4 is 56.3 Å². The van der Waals surface area contributed by atoms with Gasteiger partial charge in [0.2, 0.25) is 0 Å². The molecular weight excluding hydrogens is 579 g/mol. The number of benzene rings is 3. The Kier molecular flexibility index (Phi) is 8.32. The Morgan fingerprint density at radius 3 is 2.26 bits per heavy atom. The average Bonchev–Trinajstić information content (AvgIpc) is 3.18. The van der Waals surface area contributed by atoms with Gasteiger partial charge in [-0.3, -0.25) is 0 Å². The van der Waals surface area contributed by atoms with Crippen LogP contribution in [-0.4, -0.2) is 19.4 Å². The number of hydrogen-bond acceptors (Lipinski definition) is 4. The van der Waals surface area contributed by atoms with Crippen LogP contribution in [0.2, 0.25) is 5.02 Å². The molecule has 0 saturated carbocycles. The molecule has 14 heteroatoms. The molecule has 38 heavy (non-hydrogen) atoms. The third-order valence-corrected chi connectivity index (χ3v) is 7.41. The smallest absolute Gasteiger partial charge is 0.355 e. The van der Waals surface area contributed by atoms with Crippen LogP contribution in [0.1, 0.15) is 16.7 Å². The number of nitrogens with zero attached hydrogens (tertiary/aromatic N) is 1. The lowest BCUT2D eigenvalue weighted by atomic mass is 10.1. The van der Waals surface area contributed by atoms with Crippen LogP contribution in [0, 0.1) is 0 Å². The van der Waals surface area contributed by atoms with Gasteiger partial charge in [-0.05, 0) is 61.1 Å². The molecule has 1 heterocycles. The predicted octanol–water partition coefficient (Wildman–Crippen LogP) is 7.45. The second-order valence-corrected chi connectivity index (χ2v) is 10.3. The number of rotatable bonds is 6. The molecule has 0 unspecified atom stereocenters. The fourth-order valence-electron chi connectivity index (χ4n) is 3.84. The van der Waals surface area contributed by atoms with Gasteiger partial charge in [-0.15, -0.1) is 12.4 Å². The fraction of sp³-hybridized carbons (Fsp3) is 0.167. The largest absolute Gasteiger partial charge is 0.418 e. The van der Waals surface area contributed by atoms with E-state index in [1.807, 2.05) is 0 Å². The number of nitrogens with one attached hydrogen (secondary N) is 2. The lowest BCUT2D eigenvalue weighted by Crippen LogP contribution is -2.14. The molecule has 3 aromatic carbocycles. The van der Waals surface area contributed by atoms with Crippen LogP contribution in [0.3, 0.4) is 0 Å². The molecule has 0 spiro atoms. The Hall–Kier alpha value is -2.93. The van der Waals surface area contributed by atoms with E-state index in [4.69, 9.17) is 11.6 Å². The summed E-state index contributed by atoms with van der Waals surface area (Å²) in [6.07, 6.45) is -8.21. The zero-order valence-electron chi connectivity index (χ0n) is 19.3. The van der Waals surface area contributed by atoms with Crippen molar-refractivity contribution in [3.05, 3.63) is 88.6 Å². The Morgan fingerprint density at radius 1 is 0.921 bits per heavy atom. The maximum Gasteiger partial charge on any atom is 0.418 e. The minimum atomic E-state index is -4.76. The maximum atomic E-state index is 13.5. The minimum Gasteiger partial charge on any atom is -0.355 e. The number of anilines is 2. The molecular formula is C24H19Cl2F6N3O2S. The summed E-state index contributed by atoms with van der Waals surface area (Å²) in [6.45, 7) is 0.226. The van der Waals surface area contributed by atoms with Crippen LogP contribution in [0.4, 0.5) is 37.7 Å². The first kappa shape index (κ1) is 29.6. The molecule has 0 bridgehead atoms. The molecule has 0 amide bonds. The summed E-state index contributed by atoms with van der Waals surface area (Å²) in [4.78, 5) is -0.592. The first-order valence-electron chi connectivity index (χ1n) is 10.6. The zero-order valence-corrected chi connectivity index (χ0v) is 21.7. The van der Waals surface area contributed by atoms with Crippen molar-refractivity contribution in [3.63, 3.8) is 0 Å². The standard InChI is InChI=1S/C24H18ClF6N3O2S.ClH/c1-32-12-14-13-34(37(35,36)18-4-2-3-15(9-18)23(26,27)28)22-11-17(6-7-19(14)22)33-21-8-5-16(25)10-20(21)24(29,30)31;/h2-11,13,32-33H,12H2,1H3;1H.